The van der Waals surface area contributed by atoms with E-state index in [0.29, 0.717) is 34.6 Å². The van der Waals surface area contributed by atoms with Crippen molar-refractivity contribution in [3.8, 4) is 0 Å². The highest BCUT2D eigenvalue weighted by molar-refractivity contribution is 6.71. The third-order valence-electron chi connectivity index (χ3n) is 7.61. The first-order valence-electron chi connectivity index (χ1n) is 12.6. The summed E-state index contributed by atoms with van der Waals surface area (Å²) in [5, 5.41) is 12.7. The molecule has 0 bridgehead atoms. The van der Waals surface area contributed by atoms with Crippen LogP contribution in [0.4, 0.5) is 17.1 Å². The Morgan fingerprint density at radius 2 is 1.70 bits per heavy atom. The van der Waals surface area contributed by atoms with E-state index in [1.54, 1.807) is 35.2 Å². The molecule has 0 aliphatic carbocycles. The lowest BCUT2D eigenvalue weighted by Gasteiger charge is -2.32. The molecule has 8 heteroatoms. The summed E-state index contributed by atoms with van der Waals surface area (Å²) in [7, 11) is -2.79. The number of amides is 2. The van der Waals surface area contributed by atoms with Gasteiger partial charge in [0.1, 0.15) is 0 Å². The Hall–Kier alpha value is -3.30. The molecule has 2 amide bonds. The number of aliphatic hydroxyl groups is 1. The van der Waals surface area contributed by atoms with E-state index >= 15 is 0 Å². The zero-order valence-electron chi connectivity index (χ0n) is 21.2. The molecule has 3 aromatic carbocycles. The van der Waals surface area contributed by atoms with Gasteiger partial charge in [-0.2, -0.15) is 0 Å². The maximum Gasteiger partial charge on any atom is 0.268 e. The van der Waals surface area contributed by atoms with Crippen LogP contribution in [0.3, 0.4) is 0 Å². The number of carbonyl (C=O) groups is 2. The zero-order chi connectivity index (χ0) is 26.4. The second-order valence-electron chi connectivity index (χ2n) is 10.4. The highest BCUT2D eigenvalue weighted by Gasteiger charge is 2.66. The molecule has 2 aliphatic heterocycles. The van der Waals surface area contributed by atoms with Gasteiger partial charge < -0.3 is 20.0 Å². The van der Waals surface area contributed by atoms with Crippen molar-refractivity contribution in [1.82, 2.24) is 0 Å². The van der Waals surface area contributed by atoms with E-state index in [0.717, 1.165) is 0 Å². The minimum Gasteiger partial charge on any atom is -0.432 e. The van der Waals surface area contributed by atoms with Crippen LogP contribution >= 0.6 is 0 Å². The average molecular weight is 517 g/mol. The van der Waals surface area contributed by atoms with Crippen molar-refractivity contribution in [3.05, 3.63) is 90.0 Å². The quantitative estimate of drug-likeness (QED) is 0.409. The van der Waals surface area contributed by atoms with Crippen molar-refractivity contribution in [3.63, 3.8) is 0 Å². The Kier molecular flexibility index (Phi) is 6.53. The van der Waals surface area contributed by atoms with Crippen molar-refractivity contribution >= 4 is 37.2 Å². The highest BCUT2D eigenvalue weighted by atomic mass is 28.4. The number of nitrogens with zero attached hydrogens (tertiary/aromatic N) is 1. The third-order valence-corrected chi connectivity index (χ3v) is 10.1. The molecule has 5 rings (SSSR count). The molecule has 0 unspecified atom stereocenters. The smallest absolute Gasteiger partial charge is 0.268 e. The minimum atomic E-state index is -2.79. The molecule has 192 valence electrons. The lowest BCUT2D eigenvalue weighted by atomic mass is 9.82. The first-order valence-corrected chi connectivity index (χ1v) is 15.6. The van der Waals surface area contributed by atoms with E-state index in [1.165, 1.54) is 0 Å². The lowest BCUT2D eigenvalue weighted by Crippen LogP contribution is -2.45. The van der Waals surface area contributed by atoms with E-state index in [4.69, 9.17) is 4.74 Å². The van der Waals surface area contributed by atoms with Gasteiger partial charge in [-0.25, -0.2) is 0 Å². The summed E-state index contributed by atoms with van der Waals surface area (Å²) in [5.74, 6) is -0.827. The van der Waals surface area contributed by atoms with Crippen molar-refractivity contribution in [2.24, 2.45) is 5.92 Å². The summed E-state index contributed by atoms with van der Waals surface area (Å²) >= 11 is 0. The van der Waals surface area contributed by atoms with Gasteiger partial charge in [0.05, 0.1) is 11.8 Å². The van der Waals surface area contributed by atoms with Crippen molar-refractivity contribution in [2.75, 3.05) is 16.8 Å². The number of carbonyl (C=O) groups excluding carboxylic acids is 2. The number of aliphatic hydroxyl groups excluding tert-OH is 1. The van der Waals surface area contributed by atoms with Gasteiger partial charge in [-0.3, -0.25) is 14.5 Å². The van der Waals surface area contributed by atoms with Gasteiger partial charge in [0.15, 0.2) is 13.9 Å². The topological polar surface area (TPSA) is 99.1 Å². The number of hydrogen-bond acceptors (Lipinski definition) is 5. The number of ether oxygens (including phenoxy) is 1. The predicted octanol–water partition coefficient (Wildman–Crippen LogP) is 4.80. The first-order chi connectivity index (χ1) is 17.7. The fraction of sp³-hybridized carbons (Fsp3) is 0.310. The largest absolute Gasteiger partial charge is 0.432 e. The fourth-order valence-corrected chi connectivity index (χ4v) is 8.71. The van der Waals surface area contributed by atoms with Crippen LogP contribution in [0.25, 0.3) is 0 Å². The van der Waals surface area contributed by atoms with E-state index < -0.39 is 20.0 Å². The van der Waals surface area contributed by atoms with Crippen LogP contribution in [-0.2, 0) is 15.1 Å². The van der Waals surface area contributed by atoms with E-state index in [9.17, 15) is 19.5 Å². The number of benzene rings is 3. The van der Waals surface area contributed by atoms with Gasteiger partial charge in [0.25, 0.3) is 11.8 Å². The van der Waals surface area contributed by atoms with Crippen LogP contribution in [0.15, 0.2) is 78.9 Å². The number of fused-ring (bicyclic) bond motifs is 2. The first kappa shape index (κ1) is 25.4. The van der Waals surface area contributed by atoms with Crippen molar-refractivity contribution in [2.45, 2.75) is 43.7 Å². The summed E-state index contributed by atoms with van der Waals surface area (Å²) in [5.41, 5.74) is 1.51. The van der Waals surface area contributed by atoms with Gasteiger partial charge in [0.2, 0.25) is 0 Å². The average Bonchev–Trinajstić information content (AvgIpc) is 3.31. The number of hydrogen-bond donors (Lipinski definition) is 3. The van der Waals surface area contributed by atoms with Gasteiger partial charge >= 0.3 is 0 Å². The van der Waals surface area contributed by atoms with E-state index in [2.05, 4.69) is 5.32 Å². The molecule has 1 saturated heterocycles. The number of rotatable bonds is 6. The molecular formula is C29H32N2O5Si. The summed E-state index contributed by atoms with van der Waals surface area (Å²) in [6, 6.07) is 23.8. The number of para-hydroxylation sites is 1. The molecule has 0 saturated carbocycles. The van der Waals surface area contributed by atoms with Crippen molar-refractivity contribution < 1.29 is 24.2 Å². The summed E-state index contributed by atoms with van der Waals surface area (Å²) in [4.78, 5) is 40.2. The van der Waals surface area contributed by atoms with Crippen LogP contribution in [0.1, 0.15) is 29.3 Å². The molecule has 37 heavy (non-hydrogen) atoms. The summed E-state index contributed by atoms with van der Waals surface area (Å²) in [6.07, 6.45) is -0.145. The van der Waals surface area contributed by atoms with Gasteiger partial charge in [-0.05, 0) is 62.0 Å². The molecule has 1 spiro atoms. The maximum absolute atomic E-state index is 14.4. The van der Waals surface area contributed by atoms with Gasteiger partial charge in [-0.1, -0.05) is 43.3 Å². The van der Waals surface area contributed by atoms with Crippen LogP contribution < -0.4 is 10.2 Å². The molecule has 1 fully saturated rings. The lowest BCUT2D eigenvalue weighted by molar-refractivity contribution is -0.145. The SMILES string of the molecule is C[C@@H]1[C@@H]([Si](C)(C)O)[C@H](CCO)O[C@@]12C(=O)N(c1ccccc1)c1ccc(NC(=O)c3ccccc3)cc12. The van der Waals surface area contributed by atoms with Crippen LogP contribution in [-0.4, -0.2) is 42.7 Å². The van der Waals surface area contributed by atoms with Crippen LogP contribution in [0.2, 0.25) is 18.6 Å². The molecule has 2 aliphatic rings. The molecule has 7 nitrogen and oxygen atoms in total. The Labute approximate surface area is 217 Å². The Bertz CT molecular complexity index is 1310. The molecule has 2 heterocycles. The predicted molar refractivity (Wildman–Crippen MR) is 145 cm³/mol. The normalized spacial score (nSPS) is 24.9. The third kappa shape index (κ3) is 4.20. The molecule has 0 radical (unpaired) electrons. The molecule has 0 aromatic heterocycles. The molecule has 3 aromatic rings. The number of anilines is 3. The standard InChI is InChI=1S/C29H32N2O5Si/c1-19-26(37(2,3)35)25(16-17-32)36-29(19)23-18-21(30-27(33)20-10-6-4-7-11-20)14-15-24(23)31(28(29)34)22-12-8-5-9-13-22/h4-15,18-19,25-26,32,35H,16-17H2,1-3H3,(H,30,33)/t19-,25+,26-,29+/m1/s1. The van der Waals surface area contributed by atoms with Gasteiger partial charge in [-0.15, -0.1) is 0 Å². The minimum absolute atomic E-state index is 0.106. The Morgan fingerprint density at radius 3 is 2.32 bits per heavy atom. The highest BCUT2D eigenvalue weighted by Crippen LogP contribution is 2.60. The fourth-order valence-electron chi connectivity index (χ4n) is 6.10. The summed E-state index contributed by atoms with van der Waals surface area (Å²) in [6.45, 7) is 5.56. The second-order valence-corrected chi connectivity index (χ2v) is 14.4. The van der Waals surface area contributed by atoms with Gasteiger partial charge in [0, 0.05) is 40.6 Å². The monoisotopic (exact) mass is 516 g/mol. The zero-order valence-corrected chi connectivity index (χ0v) is 22.2. The second kappa shape index (κ2) is 9.53. The molecular weight excluding hydrogens is 484 g/mol. The molecule has 4 atom stereocenters. The Balaban J connectivity index is 1.64. The summed E-state index contributed by atoms with van der Waals surface area (Å²) < 4.78 is 6.65. The van der Waals surface area contributed by atoms with E-state index in [-0.39, 0.29) is 29.9 Å². The van der Waals surface area contributed by atoms with Crippen molar-refractivity contribution in [1.29, 1.82) is 0 Å². The number of nitrogens with one attached hydrogen (secondary N) is 1. The van der Waals surface area contributed by atoms with Crippen LogP contribution in [0.5, 0.6) is 0 Å². The molecule has 3 N–H and O–H groups in total. The Morgan fingerprint density at radius 1 is 1.05 bits per heavy atom. The maximum atomic E-state index is 14.4. The van der Waals surface area contributed by atoms with Crippen LogP contribution in [0, 0.1) is 5.92 Å². The van der Waals surface area contributed by atoms with E-state index in [1.807, 2.05) is 68.5 Å².